The number of nitrogens with one attached hydrogen (secondary N) is 1. The van der Waals surface area contributed by atoms with Gasteiger partial charge in [0.15, 0.2) is 0 Å². The number of hydrogen-bond donors (Lipinski definition) is 2. The van der Waals surface area contributed by atoms with E-state index in [0.29, 0.717) is 22.9 Å². The number of aliphatic imine (C=N–C) groups is 1. The predicted octanol–water partition coefficient (Wildman–Crippen LogP) is 4.02. The van der Waals surface area contributed by atoms with Gasteiger partial charge in [-0.15, -0.1) is 0 Å². The van der Waals surface area contributed by atoms with Crippen molar-refractivity contribution in [1.29, 1.82) is 0 Å². The average molecular weight is 372 g/mol. The van der Waals surface area contributed by atoms with Crippen LogP contribution >= 0.6 is 23.2 Å². The van der Waals surface area contributed by atoms with Crippen molar-refractivity contribution in [2.24, 2.45) is 10.7 Å². The van der Waals surface area contributed by atoms with E-state index in [1.54, 1.807) is 6.07 Å². The smallest absolute Gasteiger partial charge is 0.207 e. The van der Waals surface area contributed by atoms with Gasteiger partial charge in [-0.2, -0.15) is 0 Å². The number of carbonyl (C=O) groups excluding carboxylic acids is 1. The van der Waals surface area contributed by atoms with Crippen molar-refractivity contribution in [3.8, 4) is 0 Å². The minimum atomic E-state index is -0.245. The number of rotatable bonds is 11. The van der Waals surface area contributed by atoms with Crippen LogP contribution in [0, 0.1) is 0 Å². The molecule has 6 heteroatoms. The van der Waals surface area contributed by atoms with Crippen molar-refractivity contribution >= 4 is 35.3 Å². The zero-order chi connectivity index (χ0) is 17.9. The maximum atomic E-state index is 11.0. The molecule has 3 N–H and O–H groups in total. The molecule has 2 atom stereocenters. The van der Waals surface area contributed by atoms with Crippen molar-refractivity contribution in [2.75, 3.05) is 6.54 Å². The molecule has 0 heterocycles. The summed E-state index contributed by atoms with van der Waals surface area (Å²) < 4.78 is 0. The van der Waals surface area contributed by atoms with Crippen LogP contribution in [0.3, 0.4) is 0 Å². The average Bonchev–Trinajstić information content (AvgIpc) is 2.54. The Bertz CT molecular complexity index is 547. The predicted molar refractivity (Wildman–Crippen MR) is 103 cm³/mol. The molecule has 0 radical (unpaired) electrons. The number of nitrogens with zero attached hydrogens (tertiary/aromatic N) is 1. The van der Waals surface area contributed by atoms with E-state index in [-0.39, 0.29) is 12.1 Å². The van der Waals surface area contributed by atoms with Crippen LogP contribution < -0.4 is 11.1 Å². The second-order valence-electron chi connectivity index (χ2n) is 5.95. The van der Waals surface area contributed by atoms with Crippen LogP contribution in [0.25, 0.3) is 0 Å². The molecule has 4 nitrogen and oxygen atoms in total. The van der Waals surface area contributed by atoms with Gasteiger partial charge in [0, 0.05) is 12.6 Å². The number of hydrogen-bond acceptors (Lipinski definition) is 3. The first-order valence-electron chi connectivity index (χ1n) is 8.43. The highest BCUT2D eigenvalue weighted by Gasteiger charge is 2.19. The van der Waals surface area contributed by atoms with Gasteiger partial charge in [-0.25, -0.2) is 0 Å². The van der Waals surface area contributed by atoms with Gasteiger partial charge in [0.05, 0.1) is 21.8 Å². The molecule has 0 aliphatic carbocycles. The van der Waals surface area contributed by atoms with E-state index in [9.17, 15) is 4.79 Å². The molecule has 1 rings (SSSR count). The number of benzene rings is 1. The standard InChI is InChI=1S/C18H27Cl2N3O/c1-3-4-5-6-9-22-18(13(2)21)17(23-12-24)11-14-7-8-15(19)16(20)10-14/h7-8,10,12-13,17H,3-6,9,11,21H2,1-2H3,(H,23,24). The van der Waals surface area contributed by atoms with E-state index < -0.39 is 0 Å². The third-order valence-electron chi connectivity index (χ3n) is 3.82. The molecular formula is C18H27Cl2N3O. The van der Waals surface area contributed by atoms with Gasteiger partial charge in [0.2, 0.25) is 6.41 Å². The summed E-state index contributed by atoms with van der Waals surface area (Å²) in [5.41, 5.74) is 7.87. The Labute approximate surface area is 154 Å². The van der Waals surface area contributed by atoms with Crippen LogP contribution in [0.4, 0.5) is 0 Å². The summed E-state index contributed by atoms with van der Waals surface area (Å²) in [6.45, 7) is 4.80. The lowest BCUT2D eigenvalue weighted by molar-refractivity contribution is -0.109. The van der Waals surface area contributed by atoms with Crippen molar-refractivity contribution in [3.63, 3.8) is 0 Å². The molecule has 1 amide bonds. The number of carbonyl (C=O) groups is 1. The van der Waals surface area contributed by atoms with E-state index in [2.05, 4.69) is 17.2 Å². The first kappa shape index (κ1) is 20.9. The molecule has 0 bridgehead atoms. The first-order chi connectivity index (χ1) is 11.5. The molecule has 24 heavy (non-hydrogen) atoms. The quantitative estimate of drug-likeness (QED) is 0.350. The van der Waals surface area contributed by atoms with Gasteiger partial charge >= 0.3 is 0 Å². The fourth-order valence-electron chi connectivity index (χ4n) is 2.55. The lowest BCUT2D eigenvalue weighted by Crippen LogP contribution is -2.46. The highest BCUT2D eigenvalue weighted by atomic mass is 35.5. The second kappa shape index (κ2) is 11.5. The van der Waals surface area contributed by atoms with E-state index in [4.69, 9.17) is 28.9 Å². The molecule has 0 fully saturated rings. The van der Waals surface area contributed by atoms with Crippen molar-refractivity contribution < 1.29 is 4.79 Å². The number of amides is 1. The molecule has 1 aromatic rings. The van der Waals surface area contributed by atoms with E-state index in [1.165, 1.54) is 12.8 Å². The van der Waals surface area contributed by atoms with Gasteiger partial charge in [-0.3, -0.25) is 9.79 Å². The van der Waals surface area contributed by atoms with Crippen LogP contribution in [0.1, 0.15) is 45.1 Å². The SMILES string of the molecule is CCCCCCN=C(C(C)N)C(Cc1ccc(Cl)c(Cl)c1)NC=O. The van der Waals surface area contributed by atoms with E-state index in [0.717, 1.165) is 30.7 Å². The van der Waals surface area contributed by atoms with Crippen LogP contribution in [-0.4, -0.2) is 30.8 Å². The Morgan fingerprint density at radius 3 is 2.62 bits per heavy atom. The summed E-state index contributed by atoms with van der Waals surface area (Å²) in [6.07, 6.45) is 5.86. The number of unbranched alkanes of at least 4 members (excludes halogenated alkanes) is 3. The van der Waals surface area contributed by atoms with Crippen molar-refractivity contribution in [2.45, 2.75) is 58.0 Å². The zero-order valence-corrected chi connectivity index (χ0v) is 15.9. The summed E-state index contributed by atoms with van der Waals surface area (Å²) >= 11 is 12.0. The molecule has 134 valence electrons. The Morgan fingerprint density at radius 1 is 1.29 bits per heavy atom. The van der Waals surface area contributed by atoms with Gasteiger partial charge in [-0.05, 0) is 37.5 Å². The fourth-order valence-corrected chi connectivity index (χ4v) is 2.87. The van der Waals surface area contributed by atoms with Crippen LogP contribution in [0.5, 0.6) is 0 Å². The molecule has 0 saturated carbocycles. The lowest BCUT2D eigenvalue weighted by Gasteiger charge is -2.22. The second-order valence-corrected chi connectivity index (χ2v) is 6.76. The molecule has 2 unspecified atom stereocenters. The van der Waals surface area contributed by atoms with Crippen molar-refractivity contribution in [3.05, 3.63) is 33.8 Å². The van der Waals surface area contributed by atoms with Gasteiger partial charge in [0.1, 0.15) is 0 Å². The third kappa shape index (κ3) is 7.20. The van der Waals surface area contributed by atoms with Gasteiger partial charge in [0.25, 0.3) is 0 Å². The van der Waals surface area contributed by atoms with E-state index >= 15 is 0 Å². The largest absolute Gasteiger partial charge is 0.350 e. The van der Waals surface area contributed by atoms with Crippen LogP contribution in [-0.2, 0) is 11.2 Å². The topological polar surface area (TPSA) is 67.5 Å². The molecular weight excluding hydrogens is 345 g/mol. The third-order valence-corrected chi connectivity index (χ3v) is 4.56. The Kier molecular flexibility index (Phi) is 9.99. The summed E-state index contributed by atoms with van der Waals surface area (Å²) in [4.78, 5) is 15.7. The zero-order valence-electron chi connectivity index (χ0n) is 14.4. The van der Waals surface area contributed by atoms with Crippen LogP contribution in [0.2, 0.25) is 10.0 Å². The number of nitrogens with two attached hydrogens (primary N) is 1. The molecule has 0 saturated heterocycles. The monoisotopic (exact) mass is 371 g/mol. The lowest BCUT2D eigenvalue weighted by atomic mass is 9.98. The maximum Gasteiger partial charge on any atom is 0.207 e. The molecule has 0 aliphatic rings. The molecule has 0 spiro atoms. The Balaban J connectivity index is 2.85. The molecule has 1 aromatic carbocycles. The summed E-state index contributed by atoms with van der Waals surface area (Å²) in [5, 5.41) is 3.84. The summed E-state index contributed by atoms with van der Waals surface area (Å²) in [5.74, 6) is 0. The minimum absolute atomic E-state index is 0.226. The first-order valence-corrected chi connectivity index (χ1v) is 9.18. The maximum absolute atomic E-state index is 11.0. The Hall–Kier alpha value is -1.10. The Morgan fingerprint density at radius 2 is 2.04 bits per heavy atom. The summed E-state index contributed by atoms with van der Waals surface area (Å²) in [6, 6.07) is 4.99. The highest BCUT2D eigenvalue weighted by Crippen LogP contribution is 2.23. The highest BCUT2D eigenvalue weighted by molar-refractivity contribution is 6.42. The number of halogens is 2. The fraction of sp³-hybridized carbons (Fsp3) is 0.556. The van der Waals surface area contributed by atoms with E-state index in [1.807, 2.05) is 19.1 Å². The normalized spacial score (nSPS) is 14.3. The van der Waals surface area contributed by atoms with Gasteiger partial charge < -0.3 is 11.1 Å². The van der Waals surface area contributed by atoms with Crippen molar-refractivity contribution in [1.82, 2.24) is 5.32 Å². The van der Waals surface area contributed by atoms with Crippen LogP contribution in [0.15, 0.2) is 23.2 Å². The molecule has 0 aliphatic heterocycles. The minimum Gasteiger partial charge on any atom is -0.350 e. The van der Waals surface area contributed by atoms with Gasteiger partial charge in [-0.1, -0.05) is 55.5 Å². The summed E-state index contributed by atoms with van der Waals surface area (Å²) in [7, 11) is 0. The molecule has 0 aromatic heterocycles.